The summed E-state index contributed by atoms with van der Waals surface area (Å²) in [5.74, 6) is 2.99. The van der Waals surface area contributed by atoms with Crippen molar-refractivity contribution in [2.24, 2.45) is 11.3 Å². The van der Waals surface area contributed by atoms with E-state index in [9.17, 15) is 5.26 Å². The lowest BCUT2D eigenvalue weighted by atomic mass is 9.67. The van der Waals surface area contributed by atoms with Crippen LogP contribution in [0.15, 0.2) is 36.7 Å². The molecule has 0 unspecified atom stereocenters. The van der Waals surface area contributed by atoms with Crippen LogP contribution in [0.1, 0.15) is 172 Å². The predicted molar refractivity (Wildman–Crippen MR) is 173 cm³/mol. The highest BCUT2D eigenvalue weighted by Crippen LogP contribution is 2.46. The van der Waals surface area contributed by atoms with E-state index in [2.05, 4.69) is 56.6 Å². The topological polar surface area (TPSA) is 49.6 Å². The summed E-state index contributed by atoms with van der Waals surface area (Å²) in [5.41, 5.74) is 3.77. The van der Waals surface area contributed by atoms with E-state index in [4.69, 9.17) is 9.97 Å². The van der Waals surface area contributed by atoms with Crippen molar-refractivity contribution in [2.75, 3.05) is 0 Å². The van der Waals surface area contributed by atoms with Gasteiger partial charge in [0.25, 0.3) is 0 Å². The van der Waals surface area contributed by atoms with Gasteiger partial charge in [-0.2, -0.15) is 5.26 Å². The van der Waals surface area contributed by atoms with Gasteiger partial charge in [0, 0.05) is 18.0 Å². The first kappa shape index (κ1) is 31.7. The molecule has 0 atom stereocenters. The normalized spacial score (nSPS) is 24.7. The Morgan fingerprint density at radius 2 is 1.24 bits per heavy atom. The summed E-state index contributed by atoms with van der Waals surface area (Å²) in [7, 11) is 0. The highest BCUT2D eigenvalue weighted by Gasteiger charge is 2.35. The van der Waals surface area contributed by atoms with Crippen molar-refractivity contribution in [1.29, 1.82) is 5.26 Å². The molecule has 2 saturated carbocycles. The molecule has 0 N–H and O–H groups in total. The fraction of sp³-hybridized carbons (Fsp3) is 0.711. The number of hydrogen-bond donors (Lipinski definition) is 0. The molecular weight excluding hydrogens is 498 g/mol. The van der Waals surface area contributed by atoms with Crippen molar-refractivity contribution < 1.29 is 0 Å². The summed E-state index contributed by atoms with van der Waals surface area (Å²) in [5, 5.41) is 9.88. The number of unbranched alkanes of at least 4 members (excludes halogenated alkanes) is 9. The standard InChI is InChI=1S/C38H57N3/c1-3-5-7-8-9-10-11-12-14-31-15-17-33(18-16-31)36-28-40-37(41-29-36)35-21-19-32(20-22-35)34-23-26-38(30-39,27-24-34)25-13-6-4-2/h19-22,28-29,31,33-34H,3-18,23-27H2,1-2H3/t31-,33-,34-,38-. The highest BCUT2D eigenvalue weighted by molar-refractivity contribution is 5.55. The third-order valence-corrected chi connectivity index (χ3v) is 10.5. The quantitative estimate of drug-likeness (QED) is 0.193. The van der Waals surface area contributed by atoms with E-state index >= 15 is 0 Å². The summed E-state index contributed by atoms with van der Waals surface area (Å²) in [6.07, 6.45) is 31.5. The van der Waals surface area contributed by atoms with E-state index < -0.39 is 0 Å². The van der Waals surface area contributed by atoms with Gasteiger partial charge < -0.3 is 0 Å². The molecule has 41 heavy (non-hydrogen) atoms. The van der Waals surface area contributed by atoms with Crippen molar-refractivity contribution in [1.82, 2.24) is 9.97 Å². The first-order valence-corrected chi connectivity index (χ1v) is 17.5. The molecule has 224 valence electrons. The first-order valence-electron chi connectivity index (χ1n) is 17.5. The molecule has 2 aliphatic rings. The van der Waals surface area contributed by atoms with Gasteiger partial charge in [0.05, 0.1) is 11.5 Å². The zero-order valence-electron chi connectivity index (χ0n) is 26.4. The van der Waals surface area contributed by atoms with Crippen LogP contribution >= 0.6 is 0 Å². The van der Waals surface area contributed by atoms with Crippen molar-refractivity contribution in [3.8, 4) is 17.5 Å². The lowest BCUT2D eigenvalue weighted by Gasteiger charge is -2.35. The average molecular weight is 556 g/mol. The number of rotatable bonds is 16. The molecule has 0 amide bonds. The van der Waals surface area contributed by atoms with Gasteiger partial charge >= 0.3 is 0 Å². The molecule has 2 aromatic rings. The molecule has 3 heteroatoms. The van der Waals surface area contributed by atoms with Gasteiger partial charge in [0.15, 0.2) is 5.82 Å². The van der Waals surface area contributed by atoms with Crippen LogP contribution in [0.3, 0.4) is 0 Å². The predicted octanol–water partition coefficient (Wildman–Crippen LogP) is 11.7. The van der Waals surface area contributed by atoms with Gasteiger partial charge in [0.1, 0.15) is 0 Å². The van der Waals surface area contributed by atoms with Gasteiger partial charge in [-0.15, -0.1) is 0 Å². The fourth-order valence-corrected chi connectivity index (χ4v) is 7.59. The molecule has 1 aromatic heterocycles. The molecule has 1 heterocycles. The minimum Gasteiger partial charge on any atom is -0.236 e. The second-order valence-corrected chi connectivity index (χ2v) is 13.6. The van der Waals surface area contributed by atoms with E-state index in [1.54, 1.807) is 0 Å². The highest BCUT2D eigenvalue weighted by atomic mass is 14.9. The summed E-state index contributed by atoms with van der Waals surface area (Å²) >= 11 is 0. The number of nitrogens with zero attached hydrogens (tertiary/aromatic N) is 3. The Hall–Kier alpha value is -2.21. The number of aromatic nitrogens is 2. The Morgan fingerprint density at radius 1 is 0.683 bits per heavy atom. The Kier molecular flexibility index (Phi) is 13.2. The maximum absolute atomic E-state index is 9.88. The fourth-order valence-electron chi connectivity index (χ4n) is 7.59. The second-order valence-electron chi connectivity index (χ2n) is 13.6. The molecule has 0 bridgehead atoms. The summed E-state index contributed by atoms with van der Waals surface area (Å²) in [6, 6.07) is 11.7. The number of nitriles is 1. The van der Waals surface area contributed by atoms with Crippen LogP contribution in [-0.2, 0) is 0 Å². The van der Waals surface area contributed by atoms with Crippen LogP contribution in [0, 0.1) is 22.7 Å². The second kappa shape index (κ2) is 17.0. The van der Waals surface area contributed by atoms with Crippen LogP contribution in [0.4, 0.5) is 0 Å². The van der Waals surface area contributed by atoms with Gasteiger partial charge in [-0.25, -0.2) is 9.97 Å². The van der Waals surface area contributed by atoms with Gasteiger partial charge in [-0.3, -0.25) is 0 Å². The monoisotopic (exact) mass is 555 g/mol. The van der Waals surface area contributed by atoms with Crippen LogP contribution in [-0.4, -0.2) is 9.97 Å². The maximum Gasteiger partial charge on any atom is 0.159 e. The van der Waals surface area contributed by atoms with Crippen molar-refractivity contribution in [2.45, 2.75) is 161 Å². The molecule has 3 nitrogen and oxygen atoms in total. The number of benzene rings is 1. The van der Waals surface area contributed by atoms with Gasteiger partial charge in [0.2, 0.25) is 0 Å². The Morgan fingerprint density at radius 3 is 1.85 bits per heavy atom. The first-order chi connectivity index (χ1) is 20.2. The van der Waals surface area contributed by atoms with Crippen LogP contribution in [0.25, 0.3) is 11.4 Å². The van der Waals surface area contributed by atoms with E-state index in [1.807, 2.05) is 0 Å². The molecule has 0 saturated heterocycles. The van der Waals surface area contributed by atoms with E-state index in [-0.39, 0.29) is 5.41 Å². The summed E-state index contributed by atoms with van der Waals surface area (Å²) < 4.78 is 0. The zero-order chi connectivity index (χ0) is 28.8. The van der Waals surface area contributed by atoms with Crippen molar-refractivity contribution in [3.05, 3.63) is 47.8 Å². The smallest absolute Gasteiger partial charge is 0.159 e. The molecular formula is C38H57N3. The van der Waals surface area contributed by atoms with Gasteiger partial charge in [-0.1, -0.05) is 115 Å². The SMILES string of the molecule is CCCCCCCCCC[C@H]1CC[C@H](c2cnc(-c3ccc([C@H]4CC[C@@](C#N)(CCCCC)CC4)cc3)nc2)CC1. The molecule has 0 spiro atoms. The van der Waals surface area contributed by atoms with E-state index in [0.717, 1.165) is 49.4 Å². The minimum atomic E-state index is -0.0757. The lowest BCUT2D eigenvalue weighted by Crippen LogP contribution is -2.25. The van der Waals surface area contributed by atoms with E-state index in [0.29, 0.717) is 11.8 Å². The molecule has 2 fully saturated rings. The Labute approximate surface area is 252 Å². The molecule has 2 aliphatic carbocycles. The van der Waals surface area contributed by atoms with Gasteiger partial charge in [-0.05, 0) is 86.7 Å². The molecule has 0 aliphatic heterocycles. The largest absolute Gasteiger partial charge is 0.236 e. The summed E-state index contributed by atoms with van der Waals surface area (Å²) in [4.78, 5) is 9.60. The maximum atomic E-state index is 9.88. The van der Waals surface area contributed by atoms with Crippen LogP contribution < -0.4 is 0 Å². The lowest BCUT2D eigenvalue weighted by molar-refractivity contribution is 0.223. The van der Waals surface area contributed by atoms with Crippen LogP contribution in [0.5, 0.6) is 0 Å². The zero-order valence-corrected chi connectivity index (χ0v) is 26.4. The summed E-state index contributed by atoms with van der Waals surface area (Å²) in [6.45, 7) is 4.54. The third kappa shape index (κ3) is 9.66. The Balaban J connectivity index is 1.18. The average Bonchev–Trinajstić information content (AvgIpc) is 3.03. The third-order valence-electron chi connectivity index (χ3n) is 10.5. The Bertz CT molecular complexity index is 1020. The molecule has 4 rings (SSSR count). The molecule has 1 aromatic carbocycles. The minimum absolute atomic E-state index is 0.0757. The number of hydrogen-bond acceptors (Lipinski definition) is 3. The molecule has 0 radical (unpaired) electrons. The van der Waals surface area contributed by atoms with E-state index in [1.165, 1.54) is 114 Å². The van der Waals surface area contributed by atoms with Crippen LogP contribution in [0.2, 0.25) is 0 Å². The van der Waals surface area contributed by atoms with Crippen molar-refractivity contribution in [3.63, 3.8) is 0 Å². The van der Waals surface area contributed by atoms with Crippen molar-refractivity contribution >= 4 is 0 Å².